The van der Waals surface area contributed by atoms with Crippen molar-refractivity contribution < 1.29 is 0 Å². The minimum absolute atomic E-state index is 0.415. The number of amidine groups is 1. The van der Waals surface area contributed by atoms with E-state index in [0.717, 1.165) is 30.4 Å². The molecular weight excluding hydrogens is 298 g/mol. The van der Waals surface area contributed by atoms with Crippen LogP contribution in [-0.2, 0) is 6.42 Å². The molecule has 1 saturated carbocycles. The molecule has 1 fully saturated rings. The minimum Gasteiger partial charge on any atom is -0.387 e. The summed E-state index contributed by atoms with van der Waals surface area (Å²) in [6.45, 7) is 4.05. The van der Waals surface area contributed by atoms with Crippen LogP contribution in [0.1, 0.15) is 37.3 Å². The van der Waals surface area contributed by atoms with Gasteiger partial charge in [-0.15, -0.1) is 0 Å². The van der Waals surface area contributed by atoms with Crippen LogP contribution in [0.15, 0.2) is 35.5 Å². The fourth-order valence-corrected chi connectivity index (χ4v) is 2.52. The van der Waals surface area contributed by atoms with Crippen LogP contribution in [0.5, 0.6) is 0 Å². The van der Waals surface area contributed by atoms with Gasteiger partial charge in [0.2, 0.25) is 0 Å². The molecule has 0 radical (unpaired) electrons. The van der Waals surface area contributed by atoms with E-state index in [2.05, 4.69) is 34.0 Å². The zero-order valence-corrected chi connectivity index (χ0v) is 14.2. The molecule has 0 unspecified atom stereocenters. The van der Waals surface area contributed by atoms with Crippen molar-refractivity contribution in [2.24, 2.45) is 16.6 Å². The lowest BCUT2D eigenvalue weighted by Gasteiger charge is -2.06. The standard InChI is InChI=1S/C19H23N5/c1-3-13-4-6-15(7-5-13)19-22-11-12(2)18(24-19)23-17(21)10-16(20)14-8-9-14/h4-7,11,14,20H,3,8-10H2,1-2H3,(H2,21,22,23,24). The lowest BCUT2D eigenvalue weighted by molar-refractivity contribution is 1.10. The second kappa shape index (κ2) is 6.91. The Balaban J connectivity index is 1.83. The molecule has 24 heavy (non-hydrogen) atoms. The largest absolute Gasteiger partial charge is 0.387 e. The predicted molar refractivity (Wildman–Crippen MR) is 97.9 cm³/mol. The Hall–Kier alpha value is -2.56. The van der Waals surface area contributed by atoms with Crippen molar-refractivity contribution in [3.63, 3.8) is 0 Å². The minimum atomic E-state index is 0.415. The molecule has 3 rings (SSSR count). The van der Waals surface area contributed by atoms with Crippen molar-refractivity contribution in [3.05, 3.63) is 41.6 Å². The maximum atomic E-state index is 7.98. The maximum absolute atomic E-state index is 7.98. The quantitative estimate of drug-likeness (QED) is 0.626. The summed E-state index contributed by atoms with van der Waals surface area (Å²) in [6.07, 6.45) is 5.42. The van der Waals surface area contributed by atoms with Crippen LogP contribution < -0.4 is 5.73 Å². The number of aliphatic imine (C=N–C) groups is 1. The normalized spacial score (nSPS) is 14.7. The smallest absolute Gasteiger partial charge is 0.161 e. The molecule has 1 heterocycles. The Kier molecular flexibility index (Phi) is 4.69. The van der Waals surface area contributed by atoms with E-state index in [4.69, 9.17) is 11.1 Å². The van der Waals surface area contributed by atoms with E-state index < -0.39 is 0 Å². The number of aryl methyl sites for hydroxylation is 2. The molecule has 0 spiro atoms. The molecular formula is C19H23N5. The zero-order valence-electron chi connectivity index (χ0n) is 14.2. The average Bonchev–Trinajstić information content (AvgIpc) is 3.42. The second-order valence-corrected chi connectivity index (χ2v) is 6.33. The van der Waals surface area contributed by atoms with Gasteiger partial charge in [0.25, 0.3) is 0 Å². The number of nitrogens with two attached hydrogens (primary N) is 1. The zero-order chi connectivity index (χ0) is 17.1. The monoisotopic (exact) mass is 321 g/mol. The predicted octanol–water partition coefficient (Wildman–Crippen LogP) is 3.82. The Labute approximate surface area is 142 Å². The molecule has 0 saturated heterocycles. The van der Waals surface area contributed by atoms with E-state index in [1.165, 1.54) is 5.56 Å². The highest BCUT2D eigenvalue weighted by Crippen LogP contribution is 2.31. The number of hydrogen-bond acceptors (Lipinski definition) is 4. The molecule has 0 atom stereocenters. The summed E-state index contributed by atoms with van der Waals surface area (Å²) >= 11 is 0. The molecule has 5 nitrogen and oxygen atoms in total. The number of aromatic nitrogens is 2. The number of rotatable bonds is 6. The first-order chi connectivity index (χ1) is 11.6. The molecule has 1 aliphatic carbocycles. The summed E-state index contributed by atoms with van der Waals surface area (Å²) in [5.41, 5.74) is 9.82. The molecule has 0 aliphatic heterocycles. The van der Waals surface area contributed by atoms with Crippen molar-refractivity contribution in [1.82, 2.24) is 9.97 Å². The molecule has 1 aromatic heterocycles. The second-order valence-electron chi connectivity index (χ2n) is 6.33. The summed E-state index contributed by atoms with van der Waals surface area (Å²) in [5, 5.41) is 7.98. The lowest BCUT2D eigenvalue weighted by Crippen LogP contribution is -2.17. The first-order valence-corrected chi connectivity index (χ1v) is 8.40. The van der Waals surface area contributed by atoms with Gasteiger partial charge in [-0.05, 0) is 37.7 Å². The van der Waals surface area contributed by atoms with Crippen molar-refractivity contribution in [3.8, 4) is 11.4 Å². The number of nitrogens with zero attached hydrogens (tertiary/aromatic N) is 3. The fourth-order valence-electron chi connectivity index (χ4n) is 2.52. The summed E-state index contributed by atoms with van der Waals surface area (Å²) in [4.78, 5) is 13.4. The van der Waals surface area contributed by atoms with Crippen LogP contribution in [0.25, 0.3) is 11.4 Å². The van der Waals surface area contributed by atoms with Crippen LogP contribution in [0, 0.1) is 18.3 Å². The van der Waals surface area contributed by atoms with Gasteiger partial charge < -0.3 is 11.1 Å². The highest BCUT2D eigenvalue weighted by atomic mass is 15.0. The van der Waals surface area contributed by atoms with E-state index >= 15 is 0 Å². The van der Waals surface area contributed by atoms with Crippen molar-refractivity contribution in [2.45, 2.75) is 39.5 Å². The number of benzene rings is 1. The fraction of sp³-hybridized carbons (Fsp3) is 0.368. The van der Waals surface area contributed by atoms with E-state index in [1.807, 2.05) is 19.1 Å². The average molecular weight is 321 g/mol. The number of nitrogens with one attached hydrogen (secondary N) is 1. The maximum Gasteiger partial charge on any atom is 0.161 e. The third kappa shape index (κ3) is 3.85. The molecule has 1 aromatic carbocycles. The van der Waals surface area contributed by atoms with Gasteiger partial charge >= 0.3 is 0 Å². The highest BCUT2D eigenvalue weighted by Gasteiger charge is 2.26. The Bertz CT molecular complexity index is 773. The van der Waals surface area contributed by atoms with Gasteiger partial charge in [0, 0.05) is 29.5 Å². The van der Waals surface area contributed by atoms with Crippen LogP contribution in [0.2, 0.25) is 0 Å². The molecule has 3 N–H and O–H groups in total. The Morgan fingerprint density at radius 2 is 2.00 bits per heavy atom. The highest BCUT2D eigenvalue weighted by molar-refractivity contribution is 6.03. The van der Waals surface area contributed by atoms with E-state index in [9.17, 15) is 0 Å². The van der Waals surface area contributed by atoms with Crippen LogP contribution >= 0.6 is 0 Å². The van der Waals surface area contributed by atoms with E-state index in [-0.39, 0.29) is 0 Å². The topological polar surface area (TPSA) is 88.0 Å². The van der Waals surface area contributed by atoms with Gasteiger partial charge in [0.15, 0.2) is 11.6 Å². The first-order valence-electron chi connectivity index (χ1n) is 8.40. The van der Waals surface area contributed by atoms with Crippen molar-refractivity contribution in [2.75, 3.05) is 0 Å². The van der Waals surface area contributed by atoms with Gasteiger partial charge in [0.1, 0.15) is 5.84 Å². The Morgan fingerprint density at radius 3 is 2.62 bits per heavy atom. The van der Waals surface area contributed by atoms with E-state index in [0.29, 0.717) is 35.5 Å². The van der Waals surface area contributed by atoms with Crippen LogP contribution in [0.4, 0.5) is 5.82 Å². The van der Waals surface area contributed by atoms with Gasteiger partial charge in [-0.25, -0.2) is 15.0 Å². The molecule has 0 bridgehead atoms. The summed E-state index contributed by atoms with van der Waals surface area (Å²) < 4.78 is 0. The molecule has 5 heteroatoms. The molecule has 124 valence electrons. The summed E-state index contributed by atoms with van der Waals surface area (Å²) in [6, 6.07) is 8.24. The number of hydrogen-bond donors (Lipinski definition) is 2. The molecule has 2 aromatic rings. The lowest BCUT2D eigenvalue weighted by atomic mass is 10.1. The van der Waals surface area contributed by atoms with Crippen molar-refractivity contribution in [1.29, 1.82) is 5.41 Å². The van der Waals surface area contributed by atoms with Gasteiger partial charge in [-0.1, -0.05) is 31.2 Å². The summed E-state index contributed by atoms with van der Waals surface area (Å²) in [7, 11) is 0. The third-order valence-electron chi connectivity index (χ3n) is 4.26. The molecule has 0 amide bonds. The molecule has 1 aliphatic rings. The summed E-state index contributed by atoms with van der Waals surface area (Å²) in [5.74, 6) is 2.09. The first kappa shape index (κ1) is 16.3. The van der Waals surface area contributed by atoms with Gasteiger partial charge in [-0.2, -0.15) is 0 Å². The van der Waals surface area contributed by atoms with Gasteiger partial charge in [0.05, 0.1) is 0 Å². The van der Waals surface area contributed by atoms with E-state index in [1.54, 1.807) is 6.20 Å². The SMILES string of the molecule is CCc1ccc(-c2ncc(C)c(N=C(N)CC(=N)C3CC3)n2)cc1. The van der Waals surface area contributed by atoms with Crippen molar-refractivity contribution >= 4 is 17.4 Å². The van der Waals surface area contributed by atoms with Crippen LogP contribution in [-0.4, -0.2) is 21.5 Å². The van der Waals surface area contributed by atoms with Crippen LogP contribution in [0.3, 0.4) is 0 Å². The Morgan fingerprint density at radius 1 is 1.29 bits per heavy atom. The third-order valence-corrected chi connectivity index (χ3v) is 4.26. The van der Waals surface area contributed by atoms with Gasteiger partial charge in [-0.3, -0.25) is 0 Å².